The summed E-state index contributed by atoms with van der Waals surface area (Å²) in [4.78, 5) is 18.2. The number of thiazole rings is 1. The van der Waals surface area contributed by atoms with E-state index in [0.717, 1.165) is 21.3 Å². The van der Waals surface area contributed by atoms with Crippen molar-refractivity contribution in [2.45, 2.75) is 12.7 Å². The summed E-state index contributed by atoms with van der Waals surface area (Å²) in [5.74, 6) is -0.335. The molecule has 0 N–H and O–H groups in total. The molecule has 0 aliphatic heterocycles. The Morgan fingerprint density at radius 1 is 1.26 bits per heavy atom. The predicted molar refractivity (Wildman–Crippen MR) is 102 cm³/mol. The Hall–Kier alpha value is -2.38. The van der Waals surface area contributed by atoms with Crippen molar-refractivity contribution in [2.24, 2.45) is 0 Å². The zero-order valence-electron chi connectivity index (χ0n) is 14.1. The number of hydrogen-bond acceptors (Lipinski definition) is 3. The highest BCUT2D eigenvalue weighted by atomic mass is 35.5. The number of carbonyl (C=O) groups excluding carboxylic acids is 1. The molecule has 2 aromatic carbocycles. The first-order chi connectivity index (χ1) is 12.7. The van der Waals surface area contributed by atoms with Crippen molar-refractivity contribution in [3.63, 3.8) is 0 Å². The van der Waals surface area contributed by atoms with Crippen LogP contribution in [0.25, 0.3) is 16.3 Å². The largest absolute Gasteiger partial charge is 0.417 e. The van der Waals surface area contributed by atoms with Crippen molar-refractivity contribution in [3.05, 3.63) is 69.7 Å². The van der Waals surface area contributed by atoms with Gasteiger partial charge in [0.2, 0.25) is 5.91 Å². The summed E-state index contributed by atoms with van der Waals surface area (Å²) in [5, 5.41) is 0.408. The van der Waals surface area contributed by atoms with E-state index in [1.165, 1.54) is 40.5 Å². The van der Waals surface area contributed by atoms with Crippen LogP contribution in [0.1, 0.15) is 16.1 Å². The number of alkyl halides is 3. The number of likely N-dealkylation sites (N-methyl/N-ethyl adjacent to an activating group) is 1. The molecule has 27 heavy (non-hydrogen) atoms. The summed E-state index contributed by atoms with van der Waals surface area (Å²) in [6.45, 7) is 0.316. The van der Waals surface area contributed by atoms with Crippen molar-refractivity contribution in [3.8, 4) is 0 Å². The molecule has 0 atom stereocenters. The molecular weight excluding hydrogens is 397 g/mol. The van der Waals surface area contributed by atoms with Gasteiger partial charge in [0.15, 0.2) is 0 Å². The summed E-state index contributed by atoms with van der Waals surface area (Å²) in [6, 6.07) is 11.2. The highest BCUT2D eigenvalue weighted by Crippen LogP contribution is 2.35. The van der Waals surface area contributed by atoms with Crippen LogP contribution in [0.3, 0.4) is 0 Å². The highest BCUT2D eigenvalue weighted by Gasteiger charge is 2.33. The Bertz CT molecular complexity index is 981. The minimum absolute atomic E-state index is 0.244. The second-order valence-electron chi connectivity index (χ2n) is 5.84. The van der Waals surface area contributed by atoms with E-state index in [4.69, 9.17) is 11.6 Å². The van der Waals surface area contributed by atoms with Gasteiger partial charge in [0.1, 0.15) is 5.01 Å². The zero-order valence-corrected chi connectivity index (χ0v) is 15.7. The maximum absolute atomic E-state index is 12.9. The smallest absolute Gasteiger partial charge is 0.335 e. The molecule has 0 saturated carbocycles. The van der Waals surface area contributed by atoms with Gasteiger partial charge in [-0.1, -0.05) is 29.8 Å². The predicted octanol–water partition coefficient (Wildman–Crippen LogP) is 5.64. The molecule has 140 valence electrons. The molecule has 1 amide bonds. The van der Waals surface area contributed by atoms with Crippen LogP contribution in [-0.4, -0.2) is 22.8 Å². The molecule has 0 bridgehead atoms. The molecule has 3 rings (SSSR count). The van der Waals surface area contributed by atoms with Crippen molar-refractivity contribution in [1.29, 1.82) is 0 Å². The van der Waals surface area contributed by atoms with Gasteiger partial charge in [0.25, 0.3) is 0 Å². The van der Waals surface area contributed by atoms with Crippen LogP contribution in [0, 0.1) is 0 Å². The zero-order chi connectivity index (χ0) is 19.6. The van der Waals surface area contributed by atoms with Crippen LogP contribution in [-0.2, 0) is 17.5 Å². The van der Waals surface area contributed by atoms with E-state index in [9.17, 15) is 18.0 Å². The number of fused-ring (bicyclic) bond motifs is 1. The summed E-state index contributed by atoms with van der Waals surface area (Å²) < 4.78 is 39.7. The number of carbonyl (C=O) groups is 1. The third kappa shape index (κ3) is 4.67. The van der Waals surface area contributed by atoms with Crippen LogP contribution in [0.2, 0.25) is 5.02 Å². The first kappa shape index (κ1) is 19.4. The lowest BCUT2D eigenvalue weighted by atomic mass is 10.1. The van der Waals surface area contributed by atoms with E-state index >= 15 is 0 Å². The molecule has 0 aliphatic carbocycles. The third-order valence-corrected chi connectivity index (χ3v) is 5.15. The standard InChI is InChI=1S/C19H14ClF3N2OS/c1-25(11-17-24-15-4-2-3-5-16(15)27-17)18(26)9-7-12-6-8-14(20)13(10-12)19(21,22)23/h2-10H,11H2,1H3/b9-7+. The minimum Gasteiger partial charge on any atom is -0.335 e. The Morgan fingerprint density at radius 3 is 2.70 bits per heavy atom. The molecule has 0 unspecified atom stereocenters. The van der Waals surface area contributed by atoms with Crippen LogP contribution >= 0.6 is 22.9 Å². The van der Waals surface area contributed by atoms with Gasteiger partial charge < -0.3 is 4.90 Å². The van der Waals surface area contributed by atoms with Gasteiger partial charge in [-0.05, 0) is 35.9 Å². The van der Waals surface area contributed by atoms with Crippen LogP contribution in [0.5, 0.6) is 0 Å². The lowest BCUT2D eigenvalue weighted by Crippen LogP contribution is -2.23. The number of halogens is 4. The number of benzene rings is 2. The number of amides is 1. The highest BCUT2D eigenvalue weighted by molar-refractivity contribution is 7.18. The fourth-order valence-electron chi connectivity index (χ4n) is 2.43. The second-order valence-corrected chi connectivity index (χ2v) is 7.36. The Balaban J connectivity index is 1.70. The first-order valence-electron chi connectivity index (χ1n) is 7.88. The Kier molecular flexibility index (Phi) is 5.53. The molecule has 8 heteroatoms. The Labute approximate surface area is 162 Å². The molecular formula is C19H14ClF3N2OS. The maximum Gasteiger partial charge on any atom is 0.417 e. The summed E-state index contributed by atoms with van der Waals surface area (Å²) >= 11 is 7.09. The van der Waals surface area contributed by atoms with E-state index in [-0.39, 0.29) is 16.5 Å². The summed E-state index contributed by atoms with van der Waals surface area (Å²) in [6.07, 6.45) is -1.98. The molecule has 3 nitrogen and oxygen atoms in total. The van der Waals surface area contributed by atoms with Crippen molar-refractivity contribution in [1.82, 2.24) is 9.88 Å². The Morgan fingerprint density at radius 2 is 2.00 bits per heavy atom. The maximum atomic E-state index is 12.9. The number of rotatable bonds is 4. The van der Waals surface area contributed by atoms with Gasteiger partial charge in [-0.3, -0.25) is 4.79 Å². The van der Waals surface area contributed by atoms with Crippen LogP contribution in [0.15, 0.2) is 48.5 Å². The van der Waals surface area contributed by atoms with Gasteiger partial charge in [-0.25, -0.2) is 4.98 Å². The van der Waals surface area contributed by atoms with Gasteiger partial charge in [0.05, 0.1) is 27.3 Å². The molecule has 0 fully saturated rings. The normalized spacial score (nSPS) is 12.0. The number of hydrogen-bond donors (Lipinski definition) is 0. The van der Waals surface area contributed by atoms with E-state index in [2.05, 4.69) is 4.98 Å². The molecule has 0 saturated heterocycles. The average Bonchev–Trinajstić information content (AvgIpc) is 3.01. The van der Waals surface area contributed by atoms with E-state index in [1.807, 2.05) is 24.3 Å². The number of aromatic nitrogens is 1. The van der Waals surface area contributed by atoms with Gasteiger partial charge in [0, 0.05) is 13.1 Å². The SMILES string of the molecule is CN(Cc1nc2ccccc2s1)C(=O)/C=C/c1ccc(Cl)c(C(F)(F)F)c1. The summed E-state index contributed by atoms with van der Waals surface area (Å²) in [5.41, 5.74) is 0.185. The first-order valence-corrected chi connectivity index (χ1v) is 9.08. The fraction of sp³-hybridized carbons (Fsp3) is 0.158. The average molecular weight is 411 g/mol. The van der Waals surface area contributed by atoms with Crippen molar-refractivity contribution in [2.75, 3.05) is 7.05 Å². The lowest BCUT2D eigenvalue weighted by Gasteiger charge is -2.13. The van der Waals surface area contributed by atoms with E-state index in [0.29, 0.717) is 6.54 Å². The van der Waals surface area contributed by atoms with Gasteiger partial charge in [-0.15, -0.1) is 11.3 Å². The van der Waals surface area contributed by atoms with E-state index in [1.54, 1.807) is 7.05 Å². The molecule has 1 heterocycles. The van der Waals surface area contributed by atoms with Crippen molar-refractivity contribution >= 4 is 45.1 Å². The summed E-state index contributed by atoms with van der Waals surface area (Å²) in [7, 11) is 1.61. The quantitative estimate of drug-likeness (QED) is 0.521. The number of nitrogens with zero attached hydrogens (tertiary/aromatic N) is 2. The van der Waals surface area contributed by atoms with E-state index < -0.39 is 11.7 Å². The molecule has 1 aromatic heterocycles. The van der Waals surface area contributed by atoms with Gasteiger partial charge >= 0.3 is 6.18 Å². The third-order valence-electron chi connectivity index (χ3n) is 3.80. The minimum atomic E-state index is -4.55. The molecule has 0 radical (unpaired) electrons. The second kappa shape index (κ2) is 7.70. The van der Waals surface area contributed by atoms with Gasteiger partial charge in [-0.2, -0.15) is 13.2 Å². The molecule has 3 aromatic rings. The fourth-order valence-corrected chi connectivity index (χ4v) is 3.67. The number of para-hydroxylation sites is 1. The molecule has 0 spiro atoms. The monoisotopic (exact) mass is 410 g/mol. The van der Waals surface area contributed by atoms with Crippen LogP contribution in [0.4, 0.5) is 13.2 Å². The topological polar surface area (TPSA) is 33.2 Å². The lowest BCUT2D eigenvalue weighted by molar-refractivity contribution is -0.137. The van der Waals surface area contributed by atoms with Crippen LogP contribution < -0.4 is 0 Å². The van der Waals surface area contributed by atoms with Crippen molar-refractivity contribution < 1.29 is 18.0 Å². The molecule has 0 aliphatic rings.